The molecule has 1 saturated heterocycles. The molecule has 166 valence electrons. The summed E-state index contributed by atoms with van der Waals surface area (Å²) >= 11 is 0. The van der Waals surface area contributed by atoms with Crippen LogP contribution in [0.3, 0.4) is 0 Å². The van der Waals surface area contributed by atoms with E-state index in [9.17, 15) is 9.59 Å². The number of carbonyl (C=O) groups excluding carboxylic acids is 1. The monoisotopic (exact) mass is 439 g/mol. The van der Waals surface area contributed by atoms with Gasteiger partial charge in [0.05, 0.1) is 17.4 Å². The van der Waals surface area contributed by atoms with Crippen molar-refractivity contribution < 1.29 is 4.79 Å². The molecule has 3 N–H and O–H groups in total. The molecule has 0 aliphatic carbocycles. The molecule has 0 bridgehead atoms. The minimum atomic E-state index is -0.383. The molecule has 1 fully saturated rings. The molecular formula is C26H25N5O2. The quantitative estimate of drug-likeness (QED) is 0.430. The third-order valence-electron chi connectivity index (χ3n) is 5.93. The molecule has 33 heavy (non-hydrogen) atoms. The van der Waals surface area contributed by atoms with Gasteiger partial charge >= 0.3 is 0 Å². The molecule has 1 aromatic heterocycles. The summed E-state index contributed by atoms with van der Waals surface area (Å²) in [7, 11) is 0. The predicted octanol–water partition coefficient (Wildman–Crippen LogP) is 3.06. The van der Waals surface area contributed by atoms with Crippen molar-refractivity contribution in [3.05, 3.63) is 112 Å². The Morgan fingerprint density at radius 1 is 0.879 bits per heavy atom. The van der Waals surface area contributed by atoms with Gasteiger partial charge in [0.25, 0.3) is 5.56 Å². The standard InChI is InChI=1S/C26H25N5O2/c32-25-20-13-7-8-14-21(20)27-24(28-25)17-31(16-18-9-3-1-4-10-18)26(33)23-15-22(29-30-23)19-11-5-2-6-12-19/h1-14,22-23,29-30H,15-17H2,(H,27,28,32). The van der Waals surface area contributed by atoms with Gasteiger partial charge in [-0.25, -0.2) is 15.8 Å². The largest absolute Gasteiger partial charge is 0.330 e. The zero-order valence-electron chi connectivity index (χ0n) is 18.1. The first kappa shape index (κ1) is 21.1. The highest BCUT2D eigenvalue weighted by Gasteiger charge is 2.33. The molecule has 3 aromatic carbocycles. The summed E-state index contributed by atoms with van der Waals surface area (Å²) in [5, 5.41) is 0.537. The van der Waals surface area contributed by atoms with E-state index in [4.69, 9.17) is 0 Å². The molecule has 7 nitrogen and oxygen atoms in total. The summed E-state index contributed by atoms with van der Waals surface area (Å²) < 4.78 is 0. The maximum atomic E-state index is 13.6. The minimum absolute atomic E-state index is 0.0411. The highest BCUT2D eigenvalue weighted by molar-refractivity contribution is 5.82. The number of nitrogens with zero attached hydrogens (tertiary/aromatic N) is 2. The van der Waals surface area contributed by atoms with Crippen LogP contribution in [0.25, 0.3) is 10.9 Å². The zero-order valence-corrected chi connectivity index (χ0v) is 18.1. The summed E-state index contributed by atoms with van der Waals surface area (Å²) in [4.78, 5) is 35.3. The Balaban J connectivity index is 1.40. The smallest absolute Gasteiger partial charge is 0.258 e. The highest BCUT2D eigenvalue weighted by atomic mass is 16.2. The van der Waals surface area contributed by atoms with Crippen molar-refractivity contribution in [1.82, 2.24) is 25.7 Å². The third-order valence-corrected chi connectivity index (χ3v) is 5.93. The van der Waals surface area contributed by atoms with E-state index in [1.807, 2.05) is 66.7 Å². The number of nitrogens with one attached hydrogen (secondary N) is 3. The topological polar surface area (TPSA) is 90.1 Å². The van der Waals surface area contributed by atoms with Crippen molar-refractivity contribution >= 4 is 16.8 Å². The molecule has 1 amide bonds. The number of carbonyl (C=O) groups is 1. The van der Waals surface area contributed by atoms with E-state index < -0.39 is 0 Å². The van der Waals surface area contributed by atoms with Crippen LogP contribution in [0.4, 0.5) is 0 Å². The van der Waals surface area contributed by atoms with Gasteiger partial charge < -0.3 is 9.88 Å². The van der Waals surface area contributed by atoms with Crippen LogP contribution in [0.2, 0.25) is 0 Å². The van der Waals surface area contributed by atoms with Gasteiger partial charge in [0.1, 0.15) is 11.9 Å². The number of benzene rings is 3. The molecular weight excluding hydrogens is 414 g/mol. The van der Waals surface area contributed by atoms with Crippen LogP contribution in [-0.2, 0) is 17.9 Å². The number of fused-ring (bicyclic) bond motifs is 1. The second kappa shape index (κ2) is 9.36. The van der Waals surface area contributed by atoms with E-state index in [0.717, 1.165) is 11.1 Å². The van der Waals surface area contributed by atoms with E-state index in [2.05, 4.69) is 33.0 Å². The Bertz CT molecular complexity index is 1310. The number of para-hydroxylation sites is 1. The first-order valence-corrected chi connectivity index (χ1v) is 11.0. The Labute approximate surface area is 191 Å². The summed E-state index contributed by atoms with van der Waals surface area (Å²) in [6.45, 7) is 0.631. The number of aromatic nitrogens is 2. The van der Waals surface area contributed by atoms with E-state index in [0.29, 0.717) is 29.7 Å². The molecule has 2 heterocycles. The minimum Gasteiger partial charge on any atom is -0.330 e. The van der Waals surface area contributed by atoms with Crippen LogP contribution in [0.5, 0.6) is 0 Å². The summed E-state index contributed by atoms with van der Waals surface area (Å²) in [5.41, 5.74) is 8.98. The third kappa shape index (κ3) is 4.69. The maximum absolute atomic E-state index is 13.6. The van der Waals surface area contributed by atoms with Crippen LogP contribution < -0.4 is 16.4 Å². The molecule has 0 saturated carbocycles. The predicted molar refractivity (Wildman–Crippen MR) is 127 cm³/mol. The number of hydrogen-bond donors (Lipinski definition) is 3. The van der Waals surface area contributed by atoms with E-state index >= 15 is 0 Å². The second-order valence-corrected chi connectivity index (χ2v) is 8.25. The molecule has 2 unspecified atom stereocenters. The number of H-pyrrole nitrogens is 1. The van der Waals surface area contributed by atoms with Gasteiger partial charge in [-0.15, -0.1) is 0 Å². The Hall–Kier alpha value is -3.81. The van der Waals surface area contributed by atoms with Crippen molar-refractivity contribution in [1.29, 1.82) is 0 Å². The van der Waals surface area contributed by atoms with Crippen molar-refractivity contribution in [2.45, 2.75) is 31.6 Å². The molecule has 0 spiro atoms. The molecule has 2 atom stereocenters. The highest BCUT2D eigenvalue weighted by Crippen LogP contribution is 2.23. The molecule has 5 rings (SSSR count). The van der Waals surface area contributed by atoms with Gasteiger partial charge in [0, 0.05) is 12.6 Å². The number of amides is 1. The number of hydrazine groups is 1. The van der Waals surface area contributed by atoms with E-state index in [-0.39, 0.29) is 30.1 Å². The zero-order chi connectivity index (χ0) is 22.6. The van der Waals surface area contributed by atoms with Crippen molar-refractivity contribution in [3.63, 3.8) is 0 Å². The van der Waals surface area contributed by atoms with Gasteiger partial charge in [0.15, 0.2) is 0 Å². The molecule has 1 aliphatic rings. The summed E-state index contributed by atoms with van der Waals surface area (Å²) in [6.07, 6.45) is 0.635. The van der Waals surface area contributed by atoms with Crippen LogP contribution in [0.1, 0.15) is 29.4 Å². The van der Waals surface area contributed by atoms with Crippen molar-refractivity contribution in [3.8, 4) is 0 Å². The average Bonchev–Trinajstić information content (AvgIpc) is 3.35. The van der Waals surface area contributed by atoms with Crippen LogP contribution >= 0.6 is 0 Å². The fourth-order valence-electron chi connectivity index (χ4n) is 4.25. The average molecular weight is 440 g/mol. The molecule has 0 radical (unpaired) electrons. The fraction of sp³-hybridized carbons (Fsp3) is 0.192. The maximum Gasteiger partial charge on any atom is 0.258 e. The van der Waals surface area contributed by atoms with Gasteiger partial charge in [-0.3, -0.25) is 9.59 Å². The number of rotatable bonds is 6. The lowest BCUT2D eigenvalue weighted by Gasteiger charge is -2.25. The van der Waals surface area contributed by atoms with Crippen molar-refractivity contribution in [2.24, 2.45) is 0 Å². The lowest BCUT2D eigenvalue weighted by Crippen LogP contribution is -2.45. The SMILES string of the molecule is O=C(C1CC(c2ccccc2)NN1)N(Cc1ccccc1)Cc1nc2ccccc2c(=O)[nH]1. The summed E-state index contributed by atoms with van der Waals surface area (Å²) in [5.74, 6) is 0.425. The fourth-order valence-corrected chi connectivity index (χ4v) is 4.25. The lowest BCUT2D eigenvalue weighted by atomic mass is 10.0. The first-order chi connectivity index (χ1) is 16.2. The molecule has 7 heteroatoms. The normalized spacial score (nSPS) is 17.8. The van der Waals surface area contributed by atoms with Gasteiger partial charge in [0.2, 0.25) is 5.91 Å². The Kier molecular flexibility index (Phi) is 5.97. The van der Waals surface area contributed by atoms with E-state index in [1.54, 1.807) is 11.0 Å². The van der Waals surface area contributed by atoms with Crippen LogP contribution in [-0.4, -0.2) is 26.8 Å². The Morgan fingerprint density at radius 2 is 1.58 bits per heavy atom. The Morgan fingerprint density at radius 3 is 2.36 bits per heavy atom. The number of aromatic amines is 1. The molecule has 4 aromatic rings. The molecule has 1 aliphatic heterocycles. The van der Waals surface area contributed by atoms with Gasteiger partial charge in [-0.1, -0.05) is 72.8 Å². The number of hydrogen-bond acceptors (Lipinski definition) is 5. The van der Waals surface area contributed by atoms with Crippen LogP contribution in [0, 0.1) is 0 Å². The van der Waals surface area contributed by atoms with Gasteiger partial charge in [-0.2, -0.15) is 0 Å². The van der Waals surface area contributed by atoms with Crippen molar-refractivity contribution in [2.75, 3.05) is 0 Å². The van der Waals surface area contributed by atoms with Gasteiger partial charge in [-0.05, 0) is 29.7 Å². The second-order valence-electron chi connectivity index (χ2n) is 8.25. The first-order valence-electron chi connectivity index (χ1n) is 11.0. The lowest BCUT2D eigenvalue weighted by molar-refractivity contribution is -0.134. The van der Waals surface area contributed by atoms with E-state index in [1.165, 1.54) is 0 Å². The van der Waals surface area contributed by atoms with Crippen LogP contribution in [0.15, 0.2) is 89.7 Å². The summed E-state index contributed by atoms with van der Waals surface area (Å²) in [6, 6.07) is 26.8.